The quantitative estimate of drug-likeness (QED) is 0.295. The highest BCUT2D eigenvalue weighted by atomic mass is 32.3. The molecule has 0 saturated carbocycles. The monoisotopic (exact) mass is 516 g/mol. The van der Waals surface area contributed by atoms with Gasteiger partial charge in [-0.15, -0.1) is 5.11 Å². The lowest BCUT2D eigenvalue weighted by molar-refractivity contribution is 0.284. The number of hydrogen-bond acceptors (Lipinski definition) is 10. The highest BCUT2D eigenvalue weighted by molar-refractivity contribution is 7.91. The van der Waals surface area contributed by atoms with Gasteiger partial charge in [0.05, 0.1) is 22.9 Å². The molecular formula is C18H16N2O10S3. The lowest BCUT2D eigenvalue weighted by Gasteiger charge is -2.08. The molecule has 0 aliphatic rings. The smallest absolute Gasteiger partial charge is 0.397 e. The van der Waals surface area contributed by atoms with Gasteiger partial charge in [-0.3, -0.25) is 9.11 Å². The number of phenols is 1. The van der Waals surface area contributed by atoms with Crippen molar-refractivity contribution in [1.82, 2.24) is 0 Å². The van der Waals surface area contributed by atoms with Crippen LogP contribution < -0.4 is 0 Å². The molecule has 0 aromatic heterocycles. The Morgan fingerprint density at radius 2 is 1.48 bits per heavy atom. The van der Waals surface area contributed by atoms with E-state index in [0.29, 0.717) is 5.39 Å². The van der Waals surface area contributed by atoms with Crippen LogP contribution in [-0.2, 0) is 34.5 Å². The Hall–Kier alpha value is -2.95. The summed E-state index contributed by atoms with van der Waals surface area (Å²) in [4.78, 5) is -0.868. The zero-order valence-electron chi connectivity index (χ0n) is 16.4. The van der Waals surface area contributed by atoms with Crippen LogP contribution in [0.3, 0.4) is 0 Å². The summed E-state index contributed by atoms with van der Waals surface area (Å²) in [5.74, 6) is -1.25. The molecule has 3 rings (SSSR count). The lowest BCUT2D eigenvalue weighted by Crippen LogP contribution is -2.15. The van der Waals surface area contributed by atoms with Crippen molar-refractivity contribution in [1.29, 1.82) is 0 Å². The van der Waals surface area contributed by atoms with Gasteiger partial charge in [0.2, 0.25) is 0 Å². The van der Waals surface area contributed by atoms with Crippen molar-refractivity contribution < 1.29 is 43.6 Å². The van der Waals surface area contributed by atoms with Gasteiger partial charge >= 0.3 is 10.4 Å². The fraction of sp³-hybridized carbons (Fsp3) is 0.111. The number of azo groups is 1. The number of sulfone groups is 1. The zero-order valence-corrected chi connectivity index (χ0v) is 18.9. The number of hydrogen-bond donors (Lipinski definition) is 3. The van der Waals surface area contributed by atoms with Crippen molar-refractivity contribution >= 4 is 52.5 Å². The first-order chi connectivity index (χ1) is 15.3. The Labute approximate surface area is 188 Å². The topological polar surface area (TPSA) is 197 Å². The molecule has 0 atom stereocenters. The molecule has 0 amide bonds. The summed E-state index contributed by atoms with van der Waals surface area (Å²) in [7, 11) is -13.5. The summed E-state index contributed by atoms with van der Waals surface area (Å²) < 4.78 is 91.0. The van der Waals surface area contributed by atoms with Crippen LogP contribution in [0.15, 0.2) is 74.6 Å². The second-order valence-electron chi connectivity index (χ2n) is 6.53. The van der Waals surface area contributed by atoms with Crippen LogP contribution in [0.1, 0.15) is 0 Å². The van der Waals surface area contributed by atoms with Crippen LogP contribution in [0.25, 0.3) is 10.8 Å². The second-order valence-corrected chi connectivity index (χ2v) is 11.1. The van der Waals surface area contributed by atoms with Crippen LogP contribution in [0.2, 0.25) is 0 Å². The van der Waals surface area contributed by atoms with Crippen LogP contribution in [0.4, 0.5) is 11.4 Å². The normalized spacial score (nSPS) is 13.0. The number of benzene rings is 3. The third-order valence-corrected chi connectivity index (χ3v) is 7.31. The first-order valence-corrected chi connectivity index (χ1v) is 13.3. The molecule has 176 valence electrons. The van der Waals surface area contributed by atoms with Crippen LogP contribution >= 0.6 is 0 Å². The molecule has 3 N–H and O–H groups in total. The maximum atomic E-state index is 12.2. The van der Waals surface area contributed by atoms with Crippen molar-refractivity contribution in [3.63, 3.8) is 0 Å². The van der Waals surface area contributed by atoms with E-state index in [4.69, 9.17) is 4.55 Å². The molecule has 0 fully saturated rings. The molecule has 0 aliphatic carbocycles. The average molecular weight is 517 g/mol. The zero-order chi connectivity index (χ0) is 24.4. The van der Waals surface area contributed by atoms with Crippen LogP contribution in [0.5, 0.6) is 5.75 Å². The Morgan fingerprint density at radius 1 is 0.848 bits per heavy atom. The minimum atomic E-state index is -4.77. The number of nitrogens with zero attached hydrogens (tertiary/aromatic N) is 2. The Balaban J connectivity index is 1.91. The van der Waals surface area contributed by atoms with Crippen molar-refractivity contribution in [3.05, 3.63) is 54.6 Å². The van der Waals surface area contributed by atoms with E-state index < -0.39 is 59.0 Å². The van der Waals surface area contributed by atoms with Gasteiger partial charge in [0.25, 0.3) is 10.1 Å². The average Bonchev–Trinajstić information content (AvgIpc) is 2.71. The second kappa shape index (κ2) is 9.12. The molecule has 12 nitrogen and oxygen atoms in total. The summed E-state index contributed by atoms with van der Waals surface area (Å²) >= 11 is 0. The highest BCUT2D eigenvalue weighted by Crippen LogP contribution is 2.41. The van der Waals surface area contributed by atoms with Gasteiger partial charge in [-0.2, -0.15) is 21.9 Å². The standard InChI is InChI=1S/C18H16N2O10S3/c21-18-15-4-2-1-3-12(15)11-16(32(24,25)26)17(18)20-19-13-5-7-14(8-6-13)31(22,23)10-9-30-33(27,28)29/h1-8,11,21H,9-10H2,(H,24,25,26)(H,27,28,29)/b20-19+. The molecule has 3 aromatic carbocycles. The molecular weight excluding hydrogens is 500 g/mol. The minimum Gasteiger partial charge on any atom is -0.505 e. The van der Waals surface area contributed by atoms with Gasteiger partial charge in [-0.25, -0.2) is 12.6 Å². The van der Waals surface area contributed by atoms with Crippen molar-refractivity contribution in [2.75, 3.05) is 12.4 Å². The van der Waals surface area contributed by atoms with Crippen LogP contribution in [-0.4, -0.2) is 51.8 Å². The fourth-order valence-electron chi connectivity index (χ4n) is 2.78. The molecule has 33 heavy (non-hydrogen) atoms. The fourth-order valence-corrected chi connectivity index (χ4v) is 4.93. The first kappa shape index (κ1) is 24.7. The summed E-state index contributed by atoms with van der Waals surface area (Å²) in [6.07, 6.45) is 0. The summed E-state index contributed by atoms with van der Waals surface area (Å²) in [6, 6.07) is 12.1. The molecule has 0 aliphatic heterocycles. The van der Waals surface area contributed by atoms with Crippen molar-refractivity contribution in [2.24, 2.45) is 10.2 Å². The summed E-state index contributed by atoms with van der Waals surface area (Å²) in [6.45, 7) is -0.789. The van der Waals surface area contributed by atoms with Crippen molar-refractivity contribution in [2.45, 2.75) is 9.79 Å². The third-order valence-electron chi connectivity index (χ3n) is 4.28. The van der Waals surface area contributed by atoms with E-state index in [1.807, 2.05) is 0 Å². The number of aromatic hydroxyl groups is 1. The molecule has 0 bridgehead atoms. The number of rotatable bonds is 8. The molecule has 15 heteroatoms. The highest BCUT2D eigenvalue weighted by Gasteiger charge is 2.22. The number of fused-ring (bicyclic) bond motifs is 1. The van der Waals surface area contributed by atoms with Gasteiger partial charge < -0.3 is 5.11 Å². The van der Waals surface area contributed by atoms with Gasteiger partial charge in [-0.1, -0.05) is 24.3 Å². The molecule has 0 heterocycles. The molecule has 3 aromatic rings. The maximum Gasteiger partial charge on any atom is 0.397 e. The SMILES string of the molecule is O=S(=O)(O)OCCS(=O)(=O)c1ccc(/N=N/c2c(S(=O)(=O)O)cc3ccccc3c2O)cc1. The molecule has 0 radical (unpaired) electrons. The lowest BCUT2D eigenvalue weighted by atomic mass is 10.1. The minimum absolute atomic E-state index is 0.0805. The predicted octanol–water partition coefficient (Wildman–Crippen LogP) is 2.80. The van der Waals surface area contributed by atoms with Gasteiger partial charge in [0.1, 0.15) is 10.6 Å². The largest absolute Gasteiger partial charge is 0.505 e. The summed E-state index contributed by atoms with van der Waals surface area (Å²) in [5, 5.41) is 18.6. The third kappa shape index (κ3) is 6.10. The Kier molecular flexibility index (Phi) is 6.83. The summed E-state index contributed by atoms with van der Waals surface area (Å²) in [5.41, 5.74) is -0.424. The van der Waals surface area contributed by atoms with E-state index in [-0.39, 0.29) is 16.0 Å². The van der Waals surface area contributed by atoms with Gasteiger partial charge in [0, 0.05) is 5.39 Å². The van der Waals surface area contributed by atoms with E-state index >= 15 is 0 Å². The van der Waals surface area contributed by atoms with Crippen LogP contribution in [0, 0.1) is 0 Å². The maximum absolute atomic E-state index is 12.2. The van der Waals surface area contributed by atoms with E-state index in [0.717, 1.165) is 18.2 Å². The Bertz CT molecular complexity index is 1550. The van der Waals surface area contributed by atoms with E-state index in [1.165, 1.54) is 24.3 Å². The van der Waals surface area contributed by atoms with Gasteiger partial charge in [-0.05, 0) is 35.7 Å². The first-order valence-electron chi connectivity index (χ1n) is 8.86. The molecule has 0 spiro atoms. The van der Waals surface area contributed by atoms with E-state index in [9.17, 15) is 34.9 Å². The Morgan fingerprint density at radius 3 is 2.09 bits per heavy atom. The van der Waals surface area contributed by atoms with E-state index in [1.54, 1.807) is 12.1 Å². The predicted molar refractivity (Wildman–Crippen MR) is 116 cm³/mol. The van der Waals surface area contributed by atoms with Crippen molar-refractivity contribution in [3.8, 4) is 5.75 Å². The molecule has 0 unspecified atom stereocenters. The van der Waals surface area contributed by atoms with E-state index in [2.05, 4.69) is 14.4 Å². The molecule has 0 saturated heterocycles. The van der Waals surface area contributed by atoms with Gasteiger partial charge in [0.15, 0.2) is 15.6 Å². The number of phenolic OH excluding ortho intramolecular Hbond substituents is 1.